The van der Waals surface area contributed by atoms with E-state index in [4.69, 9.17) is 5.73 Å². The van der Waals surface area contributed by atoms with Gasteiger partial charge in [0.15, 0.2) is 5.03 Å². The number of nitrogens with one attached hydrogen (secondary N) is 1. The summed E-state index contributed by atoms with van der Waals surface area (Å²) in [5.41, 5.74) is 5.07. The number of nitrogens with two attached hydrogens (primary N) is 1. The van der Waals surface area contributed by atoms with Crippen LogP contribution in [0.15, 0.2) is 11.2 Å². The summed E-state index contributed by atoms with van der Waals surface area (Å²) in [6.07, 6.45) is 2.08. The van der Waals surface area contributed by atoms with Gasteiger partial charge in [-0.15, -0.1) is 0 Å². The summed E-state index contributed by atoms with van der Waals surface area (Å²) in [6, 6.07) is 0. The Bertz CT molecular complexity index is 493. The zero-order valence-corrected chi connectivity index (χ0v) is 12.2. The average molecular weight is 274 g/mol. The minimum Gasteiger partial charge on any atom is -0.332 e. The lowest BCUT2D eigenvalue weighted by Crippen LogP contribution is -2.52. The van der Waals surface area contributed by atoms with Crippen molar-refractivity contribution in [2.24, 2.45) is 5.73 Å². The number of hydrogen-bond donors (Lipinski definition) is 2. The number of rotatable bonds is 6. The second kappa shape index (κ2) is 5.38. The van der Waals surface area contributed by atoms with Crippen molar-refractivity contribution in [2.75, 3.05) is 13.1 Å². The molecule has 0 unspecified atom stereocenters. The summed E-state index contributed by atoms with van der Waals surface area (Å²) in [5, 5.41) is 0.120. The quantitative estimate of drug-likeness (QED) is 0.804. The lowest BCUT2D eigenvalue weighted by atomic mass is 10.1. The molecule has 0 aliphatic rings. The second-order valence-electron chi connectivity index (χ2n) is 4.93. The molecule has 1 aromatic rings. The Morgan fingerprint density at radius 2 is 2.11 bits per heavy atom. The molecule has 0 spiro atoms. The zero-order valence-electron chi connectivity index (χ0n) is 11.4. The normalized spacial score (nSPS) is 13.2. The van der Waals surface area contributed by atoms with E-state index in [1.165, 1.54) is 10.5 Å². The molecular formula is C11H22N4O2S. The Balaban J connectivity index is 3.21. The van der Waals surface area contributed by atoms with Crippen LogP contribution in [0.5, 0.6) is 0 Å². The molecule has 0 atom stereocenters. The van der Waals surface area contributed by atoms with Crippen LogP contribution >= 0.6 is 0 Å². The highest BCUT2D eigenvalue weighted by atomic mass is 32.2. The zero-order chi connectivity index (χ0) is 14.0. The van der Waals surface area contributed by atoms with E-state index < -0.39 is 15.6 Å². The maximum atomic E-state index is 12.5. The summed E-state index contributed by atoms with van der Waals surface area (Å²) < 4.78 is 26.5. The molecule has 1 aromatic heterocycles. The first-order valence-electron chi connectivity index (χ1n) is 6.00. The number of hydrogen-bond acceptors (Lipinski definition) is 4. The Kier molecular flexibility index (Phi) is 4.52. The van der Waals surface area contributed by atoms with Gasteiger partial charge in [-0.25, -0.2) is 13.4 Å². The van der Waals surface area contributed by atoms with Crippen molar-refractivity contribution < 1.29 is 8.42 Å². The van der Waals surface area contributed by atoms with Crippen LogP contribution in [0.2, 0.25) is 0 Å². The first-order valence-corrected chi connectivity index (χ1v) is 7.44. The molecule has 7 heteroatoms. The van der Waals surface area contributed by atoms with Crippen LogP contribution in [-0.4, -0.2) is 41.3 Å². The number of sulfonamides is 1. The number of aromatic nitrogens is 2. The summed E-state index contributed by atoms with van der Waals surface area (Å²) in [5.74, 6) is 0.579. The first-order chi connectivity index (χ1) is 8.25. The van der Waals surface area contributed by atoms with Gasteiger partial charge in [0.25, 0.3) is 10.0 Å². The third-order valence-corrected chi connectivity index (χ3v) is 4.87. The van der Waals surface area contributed by atoms with Crippen molar-refractivity contribution in [1.29, 1.82) is 0 Å². The Morgan fingerprint density at radius 1 is 1.50 bits per heavy atom. The van der Waals surface area contributed by atoms with Crippen LogP contribution in [0.1, 0.15) is 33.0 Å². The first kappa shape index (κ1) is 15.1. The molecule has 3 N–H and O–H groups in total. The van der Waals surface area contributed by atoms with E-state index in [-0.39, 0.29) is 11.6 Å². The summed E-state index contributed by atoms with van der Waals surface area (Å²) in [6.45, 7) is 8.00. The Morgan fingerprint density at radius 3 is 2.50 bits per heavy atom. The number of imidazole rings is 1. The second-order valence-corrected chi connectivity index (χ2v) is 6.76. The fourth-order valence-corrected chi connectivity index (χ4v) is 3.55. The fraction of sp³-hybridized carbons (Fsp3) is 0.727. The molecule has 18 heavy (non-hydrogen) atoms. The molecule has 0 saturated carbocycles. The number of aryl methyl sites for hydroxylation is 1. The van der Waals surface area contributed by atoms with Gasteiger partial charge in [-0.1, -0.05) is 6.92 Å². The van der Waals surface area contributed by atoms with E-state index in [0.717, 1.165) is 6.42 Å². The smallest absolute Gasteiger partial charge is 0.260 e. The highest BCUT2D eigenvalue weighted by Gasteiger charge is 2.36. The predicted molar refractivity (Wildman–Crippen MR) is 70.6 cm³/mol. The van der Waals surface area contributed by atoms with Gasteiger partial charge in [-0.3, -0.25) is 0 Å². The number of aromatic amines is 1. The molecule has 0 aliphatic carbocycles. The van der Waals surface area contributed by atoms with E-state index in [1.54, 1.807) is 6.92 Å². The average Bonchev–Trinajstić information content (AvgIpc) is 2.73. The Hall–Kier alpha value is -0.920. The third kappa shape index (κ3) is 2.90. The van der Waals surface area contributed by atoms with Crippen molar-refractivity contribution in [3.05, 3.63) is 12.0 Å². The fourth-order valence-electron chi connectivity index (χ4n) is 1.70. The van der Waals surface area contributed by atoms with Crippen LogP contribution in [0, 0.1) is 6.92 Å². The van der Waals surface area contributed by atoms with E-state index >= 15 is 0 Å². The minimum atomic E-state index is -3.58. The summed E-state index contributed by atoms with van der Waals surface area (Å²) >= 11 is 0. The van der Waals surface area contributed by atoms with Gasteiger partial charge in [0.2, 0.25) is 0 Å². The van der Waals surface area contributed by atoms with E-state index in [1.807, 2.05) is 20.8 Å². The van der Waals surface area contributed by atoms with Crippen LogP contribution in [-0.2, 0) is 10.0 Å². The van der Waals surface area contributed by atoms with Gasteiger partial charge in [0.05, 0.1) is 6.20 Å². The van der Waals surface area contributed by atoms with E-state index in [0.29, 0.717) is 12.4 Å². The molecule has 6 nitrogen and oxygen atoms in total. The van der Waals surface area contributed by atoms with Crippen LogP contribution < -0.4 is 5.73 Å². The van der Waals surface area contributed by atoms with Crippen molar-refractivity contribution in [1.82, 2.24) is 14.3 Å². The highest BCUT2D eigenvalue weighted by Crippen LogP contribution is 2.23. The summed E-state index contributed by atoms with van der Waals surface area (Å²) in [4.78, 5) is 6.71. The molecule has 0 aliphatic heterocycles. The molecule has 1 rings (SSSR count). The monoisotopic (exact) mass is 274 g/mol. The Labute approximate surface area is 109 Å². The highest BCUT2D eigenvalue weighted by molar-refractivity contribution is 7.89. The van der Waals surface area contributed by atoms with Crippen LogP contribution in [0.3, 0.4) is 0 Å². The maximum Gasteiger partial charge on any atom is 0.260 e. The predicted octanol–water partition coefficient (Wildman–Crippen LogP) is 0.856. The van der Waals surface area contributed by atoms with E-state index in [2.05, 4.69) is 9.97 Å². The summed E-state index contributed by atoms with van der Waals surface area (Å²) in [7, 11) is -3.58. The largest absolute Gasteiger partial charge is 0.332 e. The molecule has 0 fully saturated rings. The van der Waals surface area contributed by atoms with Crippen LogP contribution in [0.25, 0.3) is 0 Å². The number of H-pyrrole nitrogens is 1. The lowest BCUT2D eigenvalue weighted by molar-refractivity contribution is 0.234. The van der Waals surface area contributed by atoms with Gasteiger partial charge in [0.1, 0.15) is 5.82 Å². The molecule has 0 amide bonds. The third-order valence-electron chi connectivity index (χ3n) is 2.85. The van der Waals surface area contributed by atoms with Gasteiger partial charge in [0, 0.05) is 18.6 Å². The molecular weight excluding hydrogens is 252 g/mol. The molecule has 1 heterocycles. The molecule has 0 bridgehead atoms. The maximum absolute atomic E-state index is 12.5. The van der Waals surface area contributed by atoms with Crippen molar-refractivity contribution >= 4 is 10.0 Å². The van der Waals surface area contributed by atoms with Crippen LogP contribution in [0.4, 0.5) is 0 Å². The van der Waals surface area contributed by atoms with Gasteiger partial charge < -0.3 is 10.7 Å². The van der Waals surface area contributed by atoms with Gasteiger partial charge in [-0.2, -0.15) is 4.31 Å². The van der Waals surface area contributed by atoms with E-state index in [9.17, 15) is 8.42 Å². The standard InChI is InChI=1S/C11H22N4O2S/c1-5-6-15(11(3,4)8-12)18(16,17)10-7-13-9(2)14-10/h7H,5-6,8,12H2,1-4H3,(H,13,14). The molecule has 0 radical (unpaired) electrons. The van der Waals surface area contributed by atoms with Crippen molar-refractivity contribution in [3.63, 3.8) is 0 Å². The van der Waals surface area contributed by atoms with Crippen molar-refractivity contribution in [3.8, 4) is 0 Å². The van der Waals surface area contributed by atoms with Gasteiger partial charge >= 0.3 is 0 Å². The lowest BCUT2D eigenvalue weighted by Gasteiger charge is -2.35. The molecule has 104 valence electrons. The minimum absolute atomic E-state index is 0.120. The molecule has 0 saturated heterocycles. The topological polar surface area (TPSA) is 92.1 Å². The number of nitrogens with zero attached hydrogens (tertiary/aromatic N) is 2. The van der Waals surface area contributed by atoms with Gasteiger partial charge in [-0.05, 0) is 27.2 Å². The van der Waals surface area contributed by atoms with Crippen molar-refractivity contribution in [2.45, 2.75) is 44.7 Å². The SMILES string of the molecule is CCCN(C(C)(C)CN)S(=O)(=O)c1cnc(C)[nH]1. The molecule has 0 aromatic carbocycles.